The van der Waals surface area contributed by atoms with Crippen LogP contribution in [0.3, 0.4) is 0 Å². The molecule has 0 saturated carbocycles. The maximum absolute atomic E-state index is 5.28. The van der Waals surface area contributed by atoms with E-state index in [0.29, 0.717) is 0 Å². The van der Waals surface area contributed by atoms with E-state index >= 15 is 0 Å². The summed E-state index contributed by atoms with van der Waals surface area (Å²) in [4.78, 5) is 0. The summed E-state index contributed by atoms with van der Waals surface area (Å²) in [5, 5.41) is 11.5. The topological polar surface area (TPSA) is 52.0 Å². The van der Waals surface area contributed by atoms with E-state index in [2.05, 4.69) is 27.8 Å². The molecule has 1 aliphatic rings. The van der Waals surface area contributed by atoms with Crippen LogP contribution in [0.4, 0.5) is 0 Å². The van der Waals surface area contributed by atoms with Crippen LogP contribution in [0.1, 0.15) is 22.9 Å². The molecular formula is C13H16N4O. The van der Waals surface area contributed by atoms with E-state index < -0.39 is 0 Å². The molecule has 1 atom stereocenters. The van der Waals surface area contributed by atoms with Gasteiger partial charge in [0.05, 0.1) is 25.0 Å². The van der Waals surface area contributed by atoms with Crippen LogP contribution < -0.4 is 10.1 Å². The van der Waals surface area contributed by atoms with Gasteiger partial charge in [0.1, 0.15) is 5.75 Å². The SMILES string of the molecule is COc1ccc2c(c1)CCNC2c1cnnn1C. The zero-order valence-corrected chi connectivity index (χ0v) is 10.6. The quantitative estimate of drug-likeness (QED) is 0.858. The van der Waals surface area contributed by atoms with E-state index in [1.807, 2.05) is 24.0 Å². The molecule has 0 radical (unpaired) electrons. The Hall–Kier alpha value is -1.88. The van der Waals surface area contributed by atoms with Crippen LogP contribution in [0, 0.1) is 0 Å². The molecule has 1 aromatic carbocycles. The van der Waals surface area contributed by atoms with Crippen molar-refractivity contribution in [3.63, 3.8) is 0 Å². The molecule has 0 fully saturated rings. The molecule has 0 saturated heterocycles. The van der Waals surface area contributed by atoms with Crippen molar-refractivity contribution < 1.29 is 4.74 Å². The number of aromatic nitrogens is 3. The summed E-state index contributed by atoms with van der Waals surface area (Å²) in [6, 6.07) is 6.41. The smallest absolute Gasteiger partial charge is 0.119 e. The van der Waals surface area contributed by atoms with Crippen molar-refractivity contribution in [1.82, 2.24) is 20.3 Å². The molecule has 0 amide bonds. The molecule has 5 nitrogen and oxygen atoms in total. The maximum Gasteiger partial charge on any atom is 0.119 e. The van der Waals surface area contributed by atoms with Crippen molar-refractivity contribution in [2.75, 3.05) is 13.7 Å². The first-order valence-electron chi connectivity index (χ1n) is 6.04. The summed E-state index contributed by atoms with van der Waals surface area (Å²) in [7, 11) is 3.62. The summed E-state index contributed by atoms with van der Waals surface area (Å²) in [6.45, 7) is 0.954. The second-order valence-corrected chi connectivity index (χ2v) is 4.48. The molecule has 5 heteroatoms. The van der Waals surface area contributed by atoms with Gasteiger partial charge in [-0.05, 0) is 29.7 Å². The summed E-state index contributed by atoms with van der Waals surface area (Å²) in [5.41, 5.74) is 3.70. The Kier molecular flexibility index (Phi) is 2.76. The minimum atomic E-state index is 0.166. The van der Waals surface area contributed by atoms with Crippen LogP contribution in [-0.2, 0) is 13.5 Å². The predicted molar refractivity (Wildman–Crippen MR) is 67.5 cm³/mol. The van der Waals surface area contributed by atoms with Gasteiger partial charge in [-0.1, -0.05) is 11.3 Å². The highest BCUT2D eigenvalue weighted by Crippen LogP contribution is 2.30. The molecule has 1 unspecified atom stereocenters. The zero-order valence-electron chi connectivity index (χ0n) is 10.6. The van der Waals surface area contributed by atoms with Gasteiger partial charge in [0.2, 0.25) is 0 Å². The van der Waals surface area contributed by atoms with E-state index in [9.17, 15) is 0 Å². The molecule has 1 aromatic heterocycles. The molecule has 1 aliphatic heterocycles. The monoisotopic (exact) mass is 244 g/mol. The fraction of sp³-hybridized carbons (Fsp3) is 0.385. The summed E-state index contributed by atoms with van der Waals surface area (Å²) >= 11 is 0. The number of ether oxygens (including phenoxy) is 1. The lowest BCUT2D eigenvalue weighted by Crippen LogP contribution is -2.31. The minimum Gasteiger partial charge on any atom is -0.497 e. The van der Waals surface area contributed by atoms with Crippen LogP contribution >= 0.6 is 0 Å². The first-order chi connectivity index (χ1) is 8.79. The van der Waals surface area contributed by atoms with Gasteiger partial charge in [-0.2, -0.15) is 0 Å². The van der Waals surface area contributed by atoms with Gasteiger partial charge in [0.25, 0.3) is 0 Å². The Morgan fingerprint density at radius 1 is 1.44 bits per heavy atom. The first-order valence-corrected chi connectivity index (χ1v) is 6.04. The fourth-order valence-electron chi connectivity index (χ4n) is 2.49. The third kappa shape index (κ3) is 1.76. The number of nitrogens with zero attached hydrogens (tertiary/aromatic N) is 3. The van der Waals surface area contributed by atoms with Crippen LogP contribution in [-0.4, -0.2) is 28.6 Å². The number of hydrogen-bond donors (Lipinski definition) is 1. The van der Waals surface area contributed by atoms with Crippen molar-refractivity contribution in [2.24, 2.45) is 7.05 Å². The fourth-order valence-corrected chi connectivity index (χ4v) is 2.49. The Labute approximate surface area is 106 Å². The lowest BCUT2D eigenvalue weighted by molar-refractivity contribution is 0.412. The number of benzene rings is 1. The van der Waals surface area contributed by atoms with E-state index in [1.165, 1.54) is 11.1 Å². The van der Waals surface area contributed by atoms with E-state index in [0.717, 1.165) is 24.4 Å². The molecule has 18 heavy (non-hydrogen) atoms. The van der Waals surface area contributed by atoms with Gasteiger partial charge in [-0.15, -0.1) is 5.10 Å². The average Bonchev–Trinajstić information content (AvgIpc) is 2.83. The van der Waals surface area contributed by atoms with Gasteiger partial charge in [-0.25, -0.2) is 0 Å². The van der Waals surface area contributed by atoms with Crippen LogP contribution in [0.5, 0.6) is 5.75 Å². The number of aryl methyl sites for hydroxylation is 1. The van der Waals surface area contributed by atoms with E-state index in [4.69, 9.17) is 4.74 Å². The Morgan fingerprint density at radius 3 is 3.06 bits per heavy atom. The minimum absolute atomic E-state index is 0.166. The van der Waals surface area contributed by atoms with Gasteiger partial charge in [0, 0.05) is 13.6 Å². The van der Waals surface area contributed by atoms with E-state index in [-0.39, 0.29) is 6.04 Å². The van der Waals surface area contributed by atoms with Gasteiger partial charge in [-0.3, -0.25) is 4.68 Å². The molecule has 1 N–H and O–H groups in total. The van der Waals surface area contributed by atoms with E-state index in [1.54, 1.807) is 7.11 Å². The lowest BCUT2D eigenvalue weighted by Gasteiger charge is -2.27. The largest absolute Gasteiger partial charge is 0.497 e. The Morgan fingerprint density at radius 2 is 2.33 bits per heavy atom. The molecule has 0 bridgehead atoms. The second-order valence-electron chi connectivity index (χ2n) is 4.48. The standard InChI is InChI=1S/C13H16N4O/c1-17-12(8-15-16-17)13-11-4-3-10(18-2)7-9(11)5-6-14-13/h3-4,7-8,13-14H,5-6H2,1-2H3. The van der Waals surface area contributed by atoms with Gasteiger partial charge < -0.3 is 10.1 Å². The number of rotatable bonds is 2. The highest BCUT2D eigenvalue weighted by molar-refractivity contribution is 5.42. The summed E-state index contributed by atoms with van der Waals surface area (Å²) in [5.74, 6) is 0.914. The third-order valence-electron chi connectivity index (χ3n) is 3.45. The Balaban J connectivity index is 2.05. The molecule has 0 spiro atoms. The second kappa shape index (κ2) is 4.42. The highest BCUT2D eigenvalue weighted by atomic mass is 16.5. The zero-order chi connectivity index (χ0) is 12.5. The molecule has 0 aliphatic carbocycles. The van der Waals surface area contributed by atoms with Crippen molar-refractivity contribution in [2.45, 2.75) is 12.5 Å². The number of hydrogen-bond acceptors (Lipinski definition) is 4. The van der Waals surface area contributed by atoms with Gasteiger partial charge >= 0.3 is 0 Å². The first kappa shape index (κ1) is 11.2. The summed E-state index contributed by atoms with van der Waals surface area (Å²) < 4.78 is 7.10. The molecule has 94 valence electrons. The van der Waals surface area contributed by atoms with Crippen LogP contribution in [0.2, 0.25) is 0 Å². The predicted octanol–water partition coefficient (Wildman–Crippen LogP) is 1.06. The van der Waals surface area contributed by atoms with Crippen molar-refractivity contribution in [3.8, 4) is 5.75 Å². The summed E-state index contributed by atoms with van der Waals surface area (Å²) in [6.07, 6.45) is 2.84. The highest BCUT2D eigenvalue weighted by Gasteiger charge is 2.24. The number of methoxy groups -OCH3 is 1. The van der Waals surface area contributed by atoms with Crippen molar-refractivity contribution >= 4 is 0 Å². The average molecular weight is 244 g/mol. The van der Waals surface area contributed by atoms with Crippen LogP contribution in [0.15, 0.2) is 24.4 Å². The molecule has 2 heterocycles. The van der Waals surface area contributed by atoms with Crippen molar-refractivity contribution in [3.05, 3.63) is 41.2 Å². The molecular weight excluding hydrogens is 228 g/mol. The molecule has 3 rings (SSSR count). The normalized spacial score (nSPS) is 18.4. The van der Waals surface area contributed by atoms with Crippen molar-refractivity contribution in [1.29, 1.82) is 0 Å². The van der Waals surface area contributed by atoms with Crippen LogP contribution in [0.25, 0.3) is 0 Å². The third-order valence-corrected chi connectivity index (χ3v) is 3.45. The number of fused-ring (bicyclic) bond motifs is 1. The maximum atomic E-state index is 5.28. The lowest BCUT2D eigenvalue weighted by atomic mass is 9.92. The molecule has 2 aromatic rings. The van der Waals surface area contributed by atoms with Gasteiger partial charge in [0.15, 0.2) is 0 Å². The number of nitrogens with one attached hydrogen (secondary N) is 1. The Bertz CT molecular complexity index is 564.